The van der Waals surface area contributed by atoms with Crippen molar-refractivity contribution in [1.29, 1.82) is 0 Å². The van der Waals surface area contributed by atoms with E-state index in [0.29, 0.717) is 0 Å². The van der Waals surface area contributed by atoms with E-state index in [1.807, 2.05) is 0 Å². The molecule has 0 spiro atoms. The van der Waals surface area contributed by atoms with Crippen molar-refractivity contribution in [2.75, 3.05) is 13.1 Å². The normalized spacial score (nSPS) is 10.9. The van der Waals surface area contributed by atoms with Crippen LogP contribution in [-0.4, -0.2) is 18.0 Å². The quantitative estimate of drug-likeness (QED) is 0.690. The first-order valence-corrected chi connectivity index (χ1v) is 5.54. The van der Waals surface area contributed by atoms with E-state index in [1.54, 1.807) is 0 Å². The first kappa shape index (κ1) is 11.3. The van der Waals surface area contributed by atoms with Crippen LogP contribution in [0.4, 0.5) is 0 Å². The highest BCUT2D eigenvalue weighted by molar-refractivity contribution is 5.21. The lowest BCUT2D eigenvalue weighted by atomic mass is 10.1. The number of hydrogen-bond acceptors (Lipinski definition) is 1. The molecule has 0 heterocycles. The van der Waals surface area contributed by atoms with E-state index in [-0.39, 0.29) is 0 Å². The molecular weight excluding hydrogens is 170 g/mol. The van der Waals surface area contributed by atoms with Gasteiger partial charge in [0.1, 0.15) is 0 Å². The maximum atomic E-state index is 2.48. The number of benzene rings is 1. The molecule has 0 N–H and O–H groups in total. The predicted molar refractivity (Wildman–Crippen MR) is 62.4 cm³/mol. The zero-order valence-corrected chi connectivity index (χ0v) is 9.59. The summed E-state index contributed by atoms with van der Waals surface area (Å²) in [5.74, 6) is 0. The van der Waals surface area contributed by atoms with E-state index < -0.39 is 0 Å². The number of hydrogen-bond donors (Lipinski definition) is 0. The van der Waals surface area contributed by atoms with Gasteiger partial charge in [-0.1, -0.05) is 43.7 Å². The molecule has 1 rings (SSSR count). The van der Waals surface area contributed by atoms with Crippen molar-refractivity contribution in [2.24, 2.45) is 0 Å². The molecule has 0 aliphatic carbocycles. The van der Waals surface area contributed by atoms with Crippen LogP contribution in [-0.2, 0) is 6.54 Å². The molecule has 0 aromatic heterocycles. The molecule has 0 amide bonds. The number of aryl methyl sites for hydroxylation is 1. The first-order chi connectivity index (χ1) is 6.76. The molecule has 78 valence electrons. The molecule has 0 saturated heterocycles. The summed E-state index contributed by atoms with van der Waals surface area (Å²) in [4.78, 5) is 2.48. The van der Waals surface area contributed by atoms with E-state index in [9.17, 15) is 0 Å². The van der Waals surface area contributed by atoms with Crippen molar-refractivity contribution in [3.8, 4) is 0 Å². The summed E-state index contributed by atoms with van der Waals surface area (Å²) in [6.45, 7) is 10.0. The summed E-state index contributed by atoms with van der Waals surface area (Å²) in [7, 11) is 0. The molecule has 0 aliphatic heterocycles. The van der Waals surface area contributed by atoms with Crippen LogP contribution in [0.15, 0.2) is 24.3 Å². The number of nitrogens with zero attached hydrogens (tertiary/aromatic N) is 1. The smallest absolute Gasteiger partial charge is 0.0233 e. The van der Waals surface area contributed by atoms with Crippen molar-refractivity contribution in [3.63, 3.8) is 0 Å². The Balaban J connectivity index is 2.53. The zero-order valence-electron chi connectivity index (χ0n) is 9.59. The molecule has 1 aromatic carbocycles. The number of rotatable bonds is 5. The fourth-order valence-corrected chi connectivity index (χ4v) is 1.62. The second-order valence-electron chi connectivity index (χ2n) is 3.85. The Kier molecular flexibility index (Phi) is 4.68. The lowest BCUT2D eigenvalue weighted by Gasteiger charge is -2.19. The molecule has 14 heavy (non-hydrogen) atoms. The average Bonchev–Trinajstić information content (AvgIpc) is 2.20. The lowest BCUT2D eigenvalue weighted by molar-refractivity contribution is 0.280. The van der Waals surface area contributed by atoms with Crippen molar-refractivity contribution >= 4 is 0 Å². The summed E-state index contributed by atoms with van der Waals surface area (Å²) in [6.07, 6.45) is 1.24. The van der Waals surface area contributed by atoms with Crippen LogP contribution < -0.4 is 0 Å². The van der Waals surface area contributed by atoms with Gasteiger partial charge in [0.25, 0.3) is 0 Å². The van der Waals surface area contributed by atoms with Gasteiger partial charge in [0, 0.05) is 6.54 Å². The van der Waals surface area contributed by atoms with Crippen LogP contribution in [0, 0.1) is 6.92 Å². The Labute approximate surface area is 87.7 Å². The van der Waals surface area contributed by atoms with Crippen molar-refractivity contribution in [3.05, 3.63) is 35.4 Å². The Morgan fingerprint density at radius 2 is 1.71 bits per heavy atom. The van der Waals surface area contributed by atoms with Crippen LogP contribution in [0.2, 0.25) is 0 Å². The maximum absolute atomic E-state index is 2.48. The Hall–Kier alpha value is -0.820. The zero-order chi connectivity index (χ0) is 10.4. The predicted octanol–water partition coefficient (Wildman–Crippen LogP) is 3.23. The molecule has 0 saturated carbocycles. The average molecular weight is 191 g/mol. The molecule has 0 fully saturated rings. The SMILES string of the molecule is CCCN(CC)Cc1ccc(C)cc1. The van der Waals surface area contributed by atoms with Crippen LogP contribution >= 0.6 is 0 Å². The second-order valence-corrected chi connectivity index (χ2v) is 3.85. The van der Waals surface area contributed by atoms with Gasteiger partial charge in [-0.25, -0.2) is 0 Å². The summed E-state index contributed by atoms with van der Waals surface area (Å²) in [5.41, 5.74) is 2.76. The van der Waals surface area contributed by atoms with Crippen LogP contribution in [0.25, 0.3) is 0 Å². The van der Waals surface area contributed by atoms with E-state index in [4.69, 9.17) is 0 Å². The molecule has 0 radical (unpaired) electrons. The van der Waals surface area contributed by atoms with E-state index in [1.165, 1.54) is 24.1 Å². The van der Waals surface area contributed by atoms with Crippen molar-refractivity contribution in [1.82, 2.24) is 4.90 Å². The fraction of sp³-hybridized carbons (Fsp3) is 0.538. The minimum atomic E-state index is 1.09. The molecule has 1 heteroatoms. The summed E-state index contributed by atoms with van der Waals surface area (Å²) in [6, 6.07) is 8.84. The van der Waals surface area contributed by atoms with Crippen LogP contribution in [0.1, 0.15) is 31.4 Å². The van der Waals surface area contributed by atoms with Gasteiger partial charge in [0.05, 0.1) is 0 Å². The van der Waals surface area contributed by atoms with Gasteiger partial charge in [-0.05, 0) is 32.0 Å². The monoisotopic (exact) mass is 191 g/mol. The summed E-state index contributed by atoms with van der Waals surface area (Å²) < 4.78 is 0. The van der Waals surface area contributed by atoms with Gasteiger partial charge >= 0.3 is 0 Å². The highest BCUT2D eigenvalue weighted by Crippen LogP contribution is 2.06. The lowest BCUT2D eigenvalue weighted by Crippen LogP contribution is -2.23. The Bertz CT molecular complexity index is 250. The highest BCUT2D eigenvalue weighted by atomic mass is 15.1. The summed E-state index contributed by atoms with van der Waals surface area (Å²) >= 11 is 0. The Morgan fingerprint density at radius 1 is 1.07 bits per heavy atom. The van der Waals surface area contributed by atoms with Crippen molar-refractivity contribution < 1.29 is 0 Å². The van der Waals surface area contributed by atoms with E-state index >= 15 is 0 Å². The minimum Gasteiger partial charge on any atom is -0.299 e. The van der Waals surface area contributed by atoms with Gasteiger partial charge in [0.15, 0.2) is 0 Å². The van der Waals surface area contributed by atoms with Crippen molar-refractivity contribution in [2.45, 2.75) is 33.7 Å². The minimum absolute atomic E-state index is 1.09. The third-order valence-corrected chi connectivity index (χ3v) is 2.51. The molecule has 0 bridgehead atoms. The van der Waals surface area contributed by atoms with Gasteiger partial charge in [-0.2, -0.15) is 0 Å². The first-order valence-electron chi connectivity index (χ1n) is 5.54. The molecule has 1 nitrogen and oxygen atoms in total. The maximum Gasteiger partial charge on any atom is 0.0233 e. The Morgan fingerprint density at radius 3 is 2.21 bits per heavy atom. The third-order valence-electron chi connectivity index (χ3n) is 2.51. The highest BCUT2D eigenvalue weighted by Gasteiger charge is 2.01. The van der Waals surface area contributed by atoms with Gasteiger partial charge in [-0.15, -0.1) is 0 Å². The molecule has 1 aromatic rings. The van der Waals surface area contributed by atoms with Gasteiger partial charge in [0.2, 0.25) is 0 Å². The topological polar surface area (TPSA) is 3.24 Å². The van der Waals surface area contributed by atoms with Gasteiger partial charge < -0.3 is 0 Å². The van der Waals surface area contributed by atoms with Crippen LogP contribution in [0.3, 0.4) is 0 Å². The second kappa shape index (κ2) is 5.82. The standard InChI is InChI=1S/C13H21N/c1-4-10-14(5-2)11-13-8-6-12(3)7-9-13/h6-9H,4-5,10-11H2,1-3H3. The van der Waals surface area contributed by atoms with Crippen LogP contribution in [0.5, 0.6) is 0 Å². The molecule has 0 unspecified atom stereocenters. The molecular formula is C13H21N. The van der Waals surface area contributed by atoms with E-state index in [2.05, 4.69) is 49.9 Å². The third kappa shape index (κ3) is 3.51. The van der Waals surface area contributed by atoms with E-state index in [0.717, 1.165) is 13.1 Å². The molecule has 0 aliphatic rings. The largest absolute Gasteiger partial charge is 0.299 e. The molecule has 0 atom stereocenters. The fourth-order valence-electron chi connectivity index (χ4n) is 1.62. The van der Waals surface area contributed by atoms with Gasteiger partial charge in [-0.3, -0.25) is 4.90 Å². The summed E-state index contributed by atoms with van der Waals surface area (Å²) in [5, 5.41) is 0.